The number of rotatable bonds is 13. The lowest BCUT2D eigenvalue weighted by molar-refractivity contribution is -0.139. The normalized spacial score (nSPS) is 19.7. The molecule has 1 aromatic carbocycles. The maximum Gasteiger partial charge on any atom is 0.257 e. The molecule has 34 heavy (non-hydrogen) atoms. The van der Waals surface area contributed by atoms with Crippen LogP contribution in [-0.4, -0.2) is 66.5 Å². The molecule has 2 heterocycles. The van der Waals surface area contributed by atoms with Gasteiger partial charge in [0, 0.05) is 43.4 Å². The van der Waals surface area contributed by atoms with E-state index in [0.717, 1.165) is 38.5 Å². The van der Waals surface area contributed by atoms with Crippen molar-refractivity contribution >= 4 is 29.3 Å². The fourth-order valence-corrected chi connectivity index (χ4v) is 4.42. The molecule has 0 aromatic heterocycles. The number of aliphatic hydroxyl groups excluding tert-OH is 1. The average Bonchev–Trinajstić information content (AvgIpc) is 3.06. The monoisotopic (exact) mass is 474 g/mol. The number of hydrogen-bond acceptors (Lipinski definition) is 7. The van der Waals surface area contributed by atoms with Crippen LogP contribution in [0.4, 0.5) is 5.69 Å². The number of methoxy groups -OCH3 is 1. The maximum atomic E-state index is 12.9. The summed E-state index contributed by atoms with van der Waals surface area (Å²) in [6.45, 7) is 1.46. The first-order valence-corrected chi connectivity index (χ1v) is 11.9. The number of ether oxygens (including phenoxy) is 1. The Kier molecular flexibility index (Phi) is 9.41. The van der Waals surface area contributed by atoms with Gasteiger partial charge >= 0.3 is 0 Å². The Labute approximate surface area is 199 Å². The van der Waals surface area contributed by atoms with Gasteiger partial charge in [-0.25, -0.2) is 0 Å². The highest BCUT2D eigenvalue weighted by Gasteiger charge is 2.45. The summed E-state index contributed by atoms with van der Waals surface area (Å²) in [4.78, 5) is 49.1. The lowest BCUT2D eigenvalue weighted by Gasteiger charge is -2.32. The zero-order valence-corrected chi connectivity index (χ0v) is 19.6. The predicted molar refractivity (Wildman–Crippen MR) is 125 cm³/mol. The molecule has 2 unspecified atom stereocenters. The van der Waals surface area contributed by atoms with Crippen molar-refractivity contribution in [2.24, 2.45) is 0 Å². The lowest BCUT2D eigenvalue weighted by Crippen LogP contribution is -2.53. The molecule has 10 nitrogen and oxygen atoms in total. The van der Waals surface area contributed by atoms with E-state index in [9.17, 15) is 24.3 Å². The third-order valence-corrected chi connectivity index (χ3v) is 6.16. The van der Waals surface area contributed by atoms with E-state index in [1.165, 1.54) is 12.0 Å². The van der Waals surface area contributed by atoms with E-state index in [0.29, 0.717) is 29.9 Å². The Balaban J connectivity index is 1.41. The average molecular weight is 475 g/mol. The number of anilines is 1. The lowest BCUT2D eigenvalue weighted by atomic mass is 10.0. The standard InChI is InChI=1S/C24H34N4O6/c1-34-15-20(30)26-14-7-5-3-2-4-6-13-25-17-10-8-9-16-21(17)24(33)28(23(16)32)18-11-12-19(29)27-22(18)31/h8-10,18,24-25,33H,2-7,11-15H2,1H3,(H,26,30)(H,27,29,31). The van der Waals surface area contributed by atoms with Crippen LogP contribution in [0.15, 0.2) is 18.2 Å². The molecule has 0 aliphatic carbocycles. The van der Waals surface area contributed by atoms with E-state index in [2.05, 4.69) is 16.0 Å². The maximum absolute atomic E-state index is 12.9. The second-order valence-electron chi connectivity index (χ2n) is 8.65. The number of nitrogens with zero attached hydrogens (tertiary/aromatic N) is 1. The molecule has 10 heteroatoms. The third kappa shape index (κ3) is 6.32. The van der Waals surface area contributed by atoms with Crippen LogP contribution < -0.4 is 16.0 Å². The van der Waals surface area contributed by atoms with E-state index in [1.54, 1.807) is 12.1 Å². The second kappa shape index (κ2) is 12.5. The fourth-order valence-electron chi connectivity index (χ4n) is 4.42. The summed E-state index contributed by atoms with van der Waals surface area (Å²) in [7, 11) is 1.50. The van der Waals surface area contributed by atoms with Crippen molar-refractivity contribution in [3.63, 3.8) is 0 Å². The second-order valence-corrected chi connectivity index (χ2v) is 8.65. The summed E-state index contributed by atoms with van der Waals surface area (Å²) in [5.74, 6) is -1.41. The van der Waals surface area contributed by atoms with E-state index in [-0.39, 0.29) is 31.3 Å². The zero-order valence-electron chi connectivity index (χ0n) is 19.6. The Morgan fingerprint density at radius 3 is 2.53 bits per heavy atom. The van der Waals surface area contributed by atoms with Gasteiger partial charge in [-0.15, -0.1) is 0 Å². The molecule has 4 N–H and O–H groups in total. The third-order valence-electron chi connectivity index (χ3n) is 6.16. The van der Waals surface area contributed by atoms with Crippen LogP contribution in [0.25, 0.3) is 0 Å². The first-order chi connectivity index (χ1) is 16.4. The first-order valence-electron chi connectivity index (χ1n) is 11.9. The molecule has 2 atom stereocenters. The number of benzene rings is 1. The molecule has 0 bridgehead atoms. The summed E-state index contributed by atoms with van der Waals surface area (Å²) in [5, 5.41) is 19.3. The van der Waals surface area contributed by atoms with Gasteiger partial charge in [0.2, 0.25) is 17.7 Å². The number of carbonyl (C=O) groups excluding carboxylic acids is 4. The Morgan fingerprint density at radius 2 is 1.82 bits per heavy atom. The Hall–Kier alpha value is -2.98. The largest absolute Gasteiger partial charge is 0.385 e. The van der Waals surface area contributed by atoms with Gasteiger partial charge in [-0.2, -0.15) is 0 Å². The van der Waals surface area contributed by atoms with Gasteiger partial charge in [-0.1, -0.05) is 31.7 Å². The number of piperidine rings is 1. The fraction of sp³-hybridized carbons (Fsp3) is 0.583. The SMILES string of the molecule is COCC(=O)NCCCCCCCCNc1cccc2c1C(O)N(C1CCC(=O)NC1=O)C2=O. The van der Waals surface area contributed by atoms with Gasteiger partial charge in [0.15, 0.2) is 6.23 Å². The summed E-state index contributed by atoms with van der Waals surface area (Å²) < 4.78 is 4.77. The molecule has 1 saturated heterocycles. The van der Waals surface area contributed by atoms with E-state index in [1.807, 2.05) is 6.07 Å². The molecule has 2 aliphatic rings. The number of nitrogens with one attached hydrogen (secondary N) is 3. The van der Waals surface area contributed by atoms with Gasteiger partial charge in [0.1, 0.15) is 12.6 Å². The molecule has 0 radical (unpaired) electrons. The molecular weight excluding hydrogens is 440 g/mol. The zero-order chi connectivity index (χ0) is 24.5. The van der Waals surface area contributed by atoms with Crippen molar-refractivity contribution in [3.8, 4) is 0 Å². The van der Waals surface area contributed by atoms with Crippen molar-refractivity contribution in [3.05, 3.63) is 29.3 Å². The van der Waals surface area contributed by atoms with Crippen LogP contribution in [0, 0.1) is 0 Å². The quantitative estimate of drug-likeness (QED) is 0.251. The summed E-state index contributed by atoms with van der Waals surface area (Å²) in [6.07, 6.45) is 5.26. The van der Waals surface area contributed by atoms with E-state index in [4.69, 9.17) is 4.74 Å². The smallest absolute Gasteiger partial charge is 0.257 e. The van der Waals surface area contributed by atoms with Crippen LogP contribution in [0.2, 0.25) is 0 Å². The van der Waals surface area contributed by atoms with Gasteiger partial charge in [0.25, 0.3) is 5.91 Å². The number of amides is 4. The van der Waals surface area contributed by atoms with E-state index < -0.39 is 24.1 Å². The van der Waals surface area contributed by atoms with Gasteiger partial charge in [-0.05, 0) is 31.4 Å². The number of hydrogen-bond donors (Lipinski definition) is 4. The number of imide groups is 1. The van der Waals surface area contributed by atoms with Crippen molar-refractivity contribution in [2.75, 3.05) is 32.1 Å². The number of aliphatic hydroxyl groups is 1. The molecular formula is C24H34N4O6. The summed E-state index contributed by atoms with van der Waals surface area (Å²) in [6, 6.07) is 4.36. The summed E-state index contributed by atoms with van der Waals surface area (Å²) >= 11 is 0. The Bertz CT molecular complexity index is 905. The van der Waals surface area contributed by atoms with Gasteiger partial charge in [-0.3, -0.25) is 29.4 Å². The van der Waals surface area contributed by atoms with Crippen LogP contribution >= 0.6 is 0 Å². The number of carbonyl (C=O) groups is 4. The van der Waals surface area contributed by atoms with Crippen molar-refractivity contribution in [2.45, 2.75) is 63.6 Å². The Morgan fingerprint density at radius 1 is 1.12 bits per heavy atom. The van der Waals surface area contributed by atoms with Crippen molar-refractivity contribution in [1.82, 2.24) is 15.5 Å². The molecule has 1 fully saturated rings. The molecule has 1 aromatic rings. The van der Waals surface area contributed by atoms with Crippen LogP contribution in [0.1, 0.15) is 73.5 Å². The summed E-state index contributed by atoms with van der Waals surface area (Å²) in [5.41, 5.74) is 1.53. The van der Waals surface area contributed by atoms with Crippen LogP contribution in [-0.2, 0) is 19.1 Å². The van der Waals surface area contributed by atoms with Crippen molar-refractivity contribution in [1.29, 1.82) is 0 Å². The highest BCUT2D eigenvalue weighted by Crippen LogP contribution is 2.39. The van der Waals surface area contributed by atoms with E-state index >= 15 is 0 Å². The highest BCUT2D eigenvalue weighted by atomic mass is 16.5. The predicted octanol–water partition coefficient (Wildman–Crippen LogP) is 1.45. The first kappa shape index (κ1) is 25.6. The van der Waals surface area contributed by atoms with Gasteiger partial charge < -0.3 is 20.5 Å². The molecule has 3 rings (SSSR count). The topological polar surface area (TPSA) is 137 Å². The minimum absolute atomic E-state index is 0.0898. The number of unbranched alkanes of at least 4 members (excludes halogenated alkanes) is 5. The number of fused-ring (bicyclic) bond motifs is 1. The molecule has 0 saturated carbocycles. The molecule has 186 valence electrons. The van der Waals surface area contributed by atoms with Crippen LogP contribution in [0.5, 0.6) is 0 Å². The molecule has 2 aliphatic heterocycles. The van der Waals surface area contributed by atoms with Crippen LogP contribution in [0.3, 0.4) is 0 Å². The van der Waals surface area contributed by atoms with Gasteiger partial charge in [0.05, 0.1) is 0 Å². The van der Waals surface area contributed by atoms with Crippen molar-refractivity contribution < 1.29 is 29.0 Å². The minimum atomic E-state index is -1.24. The molecule has 0 spiro atoms. The molecule has 4 amide bonds. The minimum Gasteiger partial charge on any atom is -0.385 e. The highest BCUT2D eigenvalue weighted by molar-refractivity contribution is 6.06.